The van der Waals surface area contributed by atoms with Gasteiger partial charge in [-0.1, -0.05) is 60.7 Å². The highest BCUT2D eigenvalue weighted by atomic mass is 32.2. The number of thioether (sulfide) groups is 1. The summed E-state index contributed by atoms with van der Waals surface area (Å²) in [5.41, 5.74) is 1.98. The Morgan fingerprint density at radius 1 is 0.857 bits per heavy atom. The van der Waals surface area contributed by atoms with Gasteiger partial charge in [-0.25, -0.2) is 0 Å². The Morgan fingerprint density at radius 3 is 2.18 bits per heavy atom. The van der Waals surface area contributed by atoms with Crippen molar-refractivity contribution in [2.45, 2.75) is 23.6 Å². The van der Waals surface area contributed by atoms with Gasteiger partial charge in [0.05, 0.1) is 16.5 Å². The molecule has 28 heavy (non-hydrogen) atoms. The summed E-state index contributed by atoms with van der Waals surface area (Å²) < 4.78 is 0. The Labute approximate surface area is 169 Å². The number of para-hydroxylation sites is 1. The van der Waals surface area contributed by atoms with Crippen LogP contribution < -0.4 is 10.6 Å². The van der Waals surface area contributed by atoms with Crippen molar-refractivity contribution in [2.24, 2.45) is 0 Å². The lowest BCUT2D eigenvalue weighted by molar-refractivity contribution is -0.115. The first kappa shape index (κ1) is 19.7. The van der Waals surface area contributed by atoms with Crippen molar-refractivity contribution in [1.29, 1.82) is 0 Å². The lowest BCUT2D eigenvalue weighted by atomic mass is 10.1. The minimum atomic E-state index is -0.289. The van der Waals surface area contributed by atoms with E-state index in [1.807, 2.05) is 67.6 Å². The number of amides is 2. The van der Waals surface area contributed by atoms with E-state index in [2.05, 4.69) is 10.6 Å². The molecule has 0 fully saturated rings. The summed E-state index contributed by atoms with van der Waals surface area (Å²) in [7, 11) is 0. The quantitative estimate of drug-likeness (QED) is 0.573. The van der Waals surface area contributed by atoms with Crippen molar-refractivity contribution < 1.29 is 9.59 Å². The molecule has 0 bridgehead atoms. The highest BCUT2D eigenvalue weighted by Crippen LogP contribution is 2.24. The molecule has 4 nitrogen and oxygen atoms in total. The van der Waals surface area contributed by atoms with Crippen molar-refractivity contribution in [1.82, 2.24) is 5.32 Å². The highest BCUT2D eigenvalue weighted by Gasteiger charge is 2.18. The van der Waals surface area contributed by atoms with Crippen LogP contribution >= 0.6 is 11.8 Å². The zero-order valence-corrected chi connectivity index (χ0v) is 16.4. The summed E-state index contributed by atoms with van der Waals surface area (Å²) in [5, 5.41) is 5.50. The van der Waals surface area contributed by atoms with Crippen molar-refractivity contribution >= 4 is 29.3 Å². The molecule has 0 saturated carbocycles. The molecular weight excluding hydrogens is 368 g/mol. The predicted molar refractivity (Wildman–Crippen MR) is 114 cm³/mol. The summed E-state index contributed by atoms with van der Waals surface area (Å²) in [6, 6.07) is 26.5. The number of nitrogens with one attached hydrogen (secondary N) is 2. The largest absolute Gasteiger partial charge is 0.348 e. The molecule has 0 unspecified atom stereocenters. The molecule has 0 heterocycles. The van der Waals surface area contributed by atoms with Gasteiger partial charge >= 0.3 is 0 Å². The summed E-state index contributed by atoms with van der Waals surface area (Å²) in [6.45, 7) is 2.29. The third-order valence-corrected chi connectivity index (χ3v) is 5.26. The summed E-state index contributed by atoms with van der Waals surface area (Å²) >= 11 is 1.48. The van der Waals surface area contributed by atoms with E-state index in [4.69, 9.17) is 0 Å². The number of anilines is 1. The fraction of sp³-hybridized carbons (Fsp3) is 0.130. The number of hydrogen-bond acceptors (Lipinski definition) is 3. The van der Waals surface area contributed by atoms with Crippen molar-refractivity contribution in [3.05, 3.63) is 96.1 Å². The van der Waals surface area contributed by atoms with Gasteiger partial charge in [-0.05, 0) is 36.8 Å². The third-order valence-electron chi connectivity index (χ3n) is 4.15. The maximum atomic E-state index is 12.6. The predicted octanol–water partition coefficient (Wildman–Crippen LogP) is 4.74. The molecule has 5 heteroatoms. The van der Waals surface area contributed by atoms with E-state index in [9.17, 15) is 9.59 Å². The fourth-order valence-corrected chi connectivity index (χ4v) is 3.54. The summed E-state index contributed by atoms with van der Waals surface area (Å²) in [4.78, 5) is 26.2. The molecule has 2 N–H and O–H groups in total. The van der Waals surface area contributed by atoms with Crippen LogP contribution in [-0.2, 0) is 11.3 Å². The molecule has 0 aliphatic heterocycles. The van der Waals surface area contributed by atoms with Crippen LogP contribution in [0.5, 0.6) is 0 Å². The average Bonchev–Trinajstić information content (AvgIpc) is 2.74. The maximum absolute atomic E-state index is 12.6. The molecule has 3 aromatic rings. The molecular formula is C23H22N2O2S. The van der Waals surface area contributed by atoms with Gasteiger partial charge in [0.2, 0.25) is 5.91 Å². The van der Waals surface area contributed by atoms with Crippen LogP contribution in [0.3, 0.4) is 0 Å². The second-order valence-electron chi connectivity index (χ2n) is 6.28. The molecule has 2 amide bonds. The number of carbonyl (C=O) groups is 2. The molecule has 1 atom stereocenters. The second kappa shape index (κ2) is 9.76. The van der Waals surface area contributed by atoms with Crippen molar-refractivity contribution in [2.75, 3.05) is 5.32 Å². The minimum Gasteiger partial charge on any atom is -0.348 e. The summed E-state index contributed by atoms with van der Waals surface area (Å²) in [6.07, 6.45) is 0. The normalized spacial score (nSPS) is 11.5. The molecule has 0 aliphatic rings. The first-order valence-corrected chi connectivity index (χ1v) is 9.95. The molecule has 0 aliphatic carbocycles. The van der Waals surface area contributed by atoms with E-state index in [1.54, 1.807) is 24.3 Å². The van der Waals surface area contributed by atoms with Crippen LogP contribution in [-0.4, -0.2) is 17.1 Å². The summed E-state index contributed by atoms with van der Waals surface area (Å²) in [5.74, 6) is -0.361. The average molecular weight is 391 g/mol. The van der Waals surface area contributed by atoms with Gasteiger partial charge in [0.25, 0.3) is 5.91 Å². The number of hydrogen-bond donors (Lipinski definition) is 2. The van der Waals surface area contributed by atoms with Crippen LogP contribution in [0, 0.1) is 0 Å². The van der Waals surface area contributed by atoms with Crippen LogP contribution in [0.4, 0.5) is 5.69 Å². The molecule has 0 spiro atoms. The highest BCUT2D eigenvalue weighted by molar-refractivity contribution is 8.00. The van der Waals surface area contributed by atoms with Gasteiger partial charge in [-0.2, -0.15) is 0 Å². The van der Waals surface area contributed by atoms with E-state index in [0.29, 0.717) is 17.8 Å². The van der Waals surface area contributed by atoms with E-state index < -0.39 is 0 Å². The lowest BCUT2D eigenvalue weighted by Gasteiger charge is -2.15. The van der Waals surface area contributed by atoms with E-state index in [1.165, 1.54) is 11.8 Å². The van der Waals surface area contributed by atoms with Crippen LogP contribution in [0.1, 0.15) is 22.8 Å². The van der Waals surface area contributed by atoms with Crippen LogP contribution in [0.15, 0.2) is 89.8 Å². The van der Waals surface area contributed by atoms with Gasteiger partial charge < -0.3 is 10.6 Å². The van der Waals surface area contributed by atoms with E-state index in [0.717, 1.165) is 10.5 Å². The van der Waals surface area contributed by atoms with Gasteiger partial charge in [-0.15, -0.1) is 11.8 Å². The Balaban J connectivity index is 1.64. The second-order valence-corrected chi connectivity index (χ2v) is 7.69. The topological polar surface area (TPSA) is 58.2 Å². The molecule has 3 rings (SSSR count). The molecule has 3 aromatic carbocycles. The fourth-order valence-electron chi connectivity index (χ4n) is 2.65. The Bertz CT molecular complexity index is 930. The minimum absolute atomic E-state index is 0.142. The Kier molecular flexibility index (Phi) is 6.87. The maximum Gasteiger partial charge on any atom is 0.253 e. The van der Waals surface area contributed by atoms with Crippen molar-refractivity contribution in [3.63, 3.8) is 0 Å². The van der Waals surface area contributed by atoms with E-state index >= 15 is 0 Å². The van der Waals surface area contributed by atoms with Crippen LogP contribution in [0.2, 0.25) is 0 Å². The Hall–Kier alpha value is -3.05. The zero-order chi connectivity index (χ0) is 19.8. The van der Waals surface area contributed by atoms with Gasteiger partial charge in [0.15, 0.2) is 0 Å². The first-order chi connectivity index (χ1) is 13.6. The first-order valence-electron chi connectivity index (χ1n) is 9.07. The zero-order valence-electron chi connectivity index (χ0n) is 15.6. The number of rotatable bonds is 7. The number of benzene rings is 3. The smallest absolute Gasteiger partial charge is 0.253 e. The van der Waals surface area contributed by atoms with Gasteiger partial charge in [-0.3, -0.25) is 9.59 Å². The Morgan fingerprint density at radius 2 is 1.46 bits per heavy atom. The van der Waals surface area contributed by atoms with Crippen molar-refractivity contribution in [3.8, 4) is 0 Å². The molecule has 0 radical (unpaired) electrons. The monoisotopic (exact) mass is 390 g/mol. The molecule has 0 saturated heterocycles. The third kappa shape index (κ3) is 5.47. The lowest BCUT2D eigenvalue weighted by Crippen LogP contribution is -2.27. The molecule has 0 aromatic heterocycles. The SMILES string of the molecule is C[C@H](Sc1ccccc1)C(=O)Nc1ccccc1C(=O)NCc1ccccc1. The van der Waals surface area contributed by atoms with Crippen LogP contribution in [0.25, 0.3) is 0 Å². The number of carbonyl (C=O) groups excluding carboxylic acids is 2. The molecule has 142 valence electrons. The standard InChI is InChI=1S/C23H22N2O2S/c1-17(28-19-12-6-3-7-13-19)22(26)25-21-15-9-8-14-20(21)23(27)24-16-18-10-4-2-5-11-18/h2-15,17H,16H2,1H3,(H,24,27)(H,25,26)/t17-/m0/s1. The van der Waals surface area contributed by atoms with Gasteiger partial charge in [0.1, 0.15) is 0 Å². The van der Waals surface area contributed by atoms with Gasteiger partial charge in [0, 0.05) is 11.4 Å². The van der Waals surface area contributed by atoms with E-state index in [-0.39, 0.29) is 17.1 Å².